The van der Waals surface area contributed by atoms with Crippen LogP contribution in [0.4, 0.5) is 4.39 Å². The van der Waals surface area contributed by atoms with Crippen molar-refractivity contribution in [2.75, 3.05) is 0 Å². The van der Waals surface area contributed by atoms with E-state index < -0.39 is 15.8 Å². The Bertz CT molecular complexity index is 1590. The van der Waals surface area contributed by atoms with Crippen LogP contribution in [0.3, 0.4) is 0 Å². The first kappa shape index (κ1) is 35.1. The number of carbonyl (C=O) groups is 1. The van der Waals surface area contributed by atoms with Crippen molar-refractivity contribution in [3.63, 3.8) is 0 Å². The second-order valence-electron chi connectivity index (χ2n) is 11.2. The van der Waals surface area contributed by atoms with E-state index >= 15 is 0 Å². The zero-order valence-electron chi connectivity index (χ0n) is 26.1. The summed E-state index contributed by atoms with van der Waals surface area (Å²) >= 11 is 1.64. The molecule has 2 heterocycles. The summed E-state index contributed by atoms with van der Waals surface area (Å²) in [7, 11) is -3.57. The highest BCUT2D eigenvalue weighted by atomic mass is 32.2. The number of halogens is 1. The van der Waals surface area contributed by atoms with Crippen LogP contribution in [-0.2, 0) is 19.6 Å². The van der Waals surface area contributed by atoms with E-state index in [4.69, 9.17) is 14.5 Å². The molecular formula is C33H42FN3O5S2. The molecule has 0 radical (unpaired) electrons. The van der Waals surface area contributed by atoms with Crippen LogP contribution in [0, 0.1) is 11.7 Å². The van der Waals surface area contributed by atoms with E-state index in [1.807, 2.05) is 69.5 Å². The van der Waals surface area contributed by atoms with Gasteiger partial charge in [-0.2, -0.15) is 0 Å². The van der Waals surface area contributed by atoms with Gasteiger partial charge in [0.2, 0.25) is 15.9 Å². The third-order valence-corrected chi connectivity index (χ3v) is 8.73. The maximum atomic E-state index is 12.7. The monoisotopic (exact) mass is 643 g/mol. The average Bonchev–Trinajstić information content (AvgIpc) is 3.67. The number of carbonyl (C=O) groups excluding carboxylic acids is 1. The molecule has 238 valence electrons. The lowest BCUT2D eigenvalue weighted by molar-refractivity contribution is -0.152. The fourth-order valence-corrected chi connectivity index (χ4v) is 6.17. The fourth-order valence-electron chi connectivity index (χ4n) is 4.18. The van der Waals surface area contributed by atoms with Crippen LogP contribution in [0.1, 0.15) is 67.2 Å². The maximum absolute atomic E-state index is 12.7. The van der Waals surface area contributed by atoms with E-state index in [0.717, 1.165) is 40.5 Å². The highest BCUT2D eigenvalue weighted by Crippen LogP contribution is 2.32. The van der Waals surface area contributed by atoms with E-state index in [1.54, 1.807) is 25.2 Å². The third-order valence-electron chi connectivity index (χ3n) is 6.19. The summed E-state index contributed by atoms with van der Waals surface area (Å²) in [5.41, 5.74) is 2.57. The maximum Gasteiger partial charge on any atom is 0.308 e. The number of rotatable bonds is 8. The van der Waals surface area contributed by atoms with Gasteiger partial charge in [-0.05, 0) is 95.2 Å². The molecule has 1 aliphatic rings. The molecule has 1 fully saturated rings. The molecule has 2 aromatic carbocycles. The zero-order valence-corrected chi connectivity index (χ0v) is 27.8. The molecule has 0 unspecified atom stereocenters. The normalized spacial score (nSPS) is 13.4. The van der Waals surface area contributed by atoms with Crippen LogP contribution in [0.15, 0.2) is 70.9 Å². The number of hydrogen-bond donors (Lipinski definition) is 1. The van der Waals surface area contributed by atoms with Gasteiger partial charge in [-0.15, -0.1) is 11.3 Å². The standard InChI is InChI=1S/C15H14N2OS.C9H12FNO2S.C9H16O2/c1-10(2)18-15-14(13-8-5-9-19-13)16-11-6-3-4-7-12(11)17-15;1-7(2)11-14(12,13)9-5-3-4-8(10)6-9;1-7(2)9(10)11-8-5-3-4-6-8/h3-10H,1-2H3;3-7,11H,1-2H3;7-8H,3-6H2,1-2H3. The third kappa shape index (κ3) is 10.9. The molecule has 0 atom stereocenters. The quantitative estimate of drug-likeness (QED) is 0.195. The van der Waals surface area contributed by atoms with Crippen LogP contribution < -0.4 is 9.46 Å². The number of benzene rings is 2. The van der Waals surface area contributed by atoms with Crippen molar-refractivity contribution in [1.82, 2.24) is 14.7 Å². The van der Waals surface area contributed by atoms with E-state index in [0.29, 0.717) is 5.88 Å². The Morgan fingerprint density at radius 1 is 0.932 bits per heavy atom. The number of nitrogens with zero attached hydrogens (tertiary/aromatic N) is 2. The lowest BCUT2D eigenvalue weighted by Crippen LogP contribution is -2.30. The van der Waals surface area contributed by atoms with Gasteiger partial charge in [0.05, 0.1) is 32.8 Å². The summed E-state index contributed by atoms with van der Waals surface area (Å²) in [6, 6.07) is 16.6. The minimum absolute atomic E-state index is 0.0237. The van der Waals surface area contributed by atoms with Gasteiger partial charge in [-0.3, -0.25) is 4.79 Å². The number of fused-ring (bicyclic) bond motifs is 1. The van der Waals surface area contributed by atoms with Crippen molar-refractivity contribution in [2.45, 2.75) is 90.4 Å². The lowest BCUT2D eigenvalue weighted by atomic mass is 10.2. The van der Waals surface area contributed by atoms with Crippen molar-refractivity contribution < 1.29 is 27.1 Å². The number of thiophene rings is 1. The molecule has 1 saturated carbocycles. The molecule has 5 rings (SSSR count). The summed E-state index contributed by atoms with van der Waals surface area (Å²) in [5, 5.41) is 2.03. The van der Waals surface area contributed by atoms with Gasteiger partial charge in [0.15, 0.2) is 0 Å². The minimum Gasteiger partial charge on any atom is -0.473 e. The number of aromatic nitrogens is 2. The van der Waals surface area contributed by atoms with Crippen molar-refractivity contribution in [3.8, 4) is 16.5 Å². The molecule has 2 aromatic heterocycles. The number of ether oxygens (including phenoxy) is 2. The van der Waals surface area contributed by atoms with E-state index in [2.05, 4.69) is 9.71 Å². The summed E-state index contributed by atoms with van der Waals surface area (Å²) in [6.45, 7) is 11.1. The number of para-hydroxylation sites is 2. The molecule has 8 nitrogen and oxygen atoms in total. The number of hydrogen-bond acceptors (Lipinski definition) is 8. The van der Waals surface area contributed by atoms with Crippen LogP contribution in [0.5, 0.6) is 5.88 Å². The predicted molar refractivity (Wildman–Crippen MR) is 174 cm³/mol. The molecule has 4 aromatic rings. The second-order valence-corrected chi connectivity index (χ2v) is 13.9. The van der Waals surface area contributed by atoms with Gasteiger partial charge >= 0.3 is 5.97 Å². The summed E-state index contributed by atoms with van der Waals surface area (Å²) in [4.78, 5) is 21.4. The van der Waals surface area contributed by atoms with Crippen LogP contribution >= 0.6 is 11.3 Å². The van der Waals surface area contributed by atoms with Gasteiger partial charge < -0.3 is 9.47 Å². The second kappa shape index (κ2) is 16.6. The first-order valence-corrected chi connectivity index (χ1v) is 17.2. The summed E-state index contributed by atoms with van der Waals surface area (Å²) in [6.07, 6.45) is 4.88. The first-order valence-electron chi connectivity index (χ1n) is 14.8. The van der Waals surface area contributed by atoms with Gasteiger partial charge in [0, 0.05) is 6.04 Å². The predicted octanol–water partition coefficient (Wildman–Crippen LogP) is 7.79. The van der Waals surface area contributed by atoms with E-state index in [9.17, 15) is 17.6 Å². The topological polar surface area (TPSA) is 107 Å². The SMILES string of the molecule is CC(C)C(=O)OC1CCCC1.CC(C)NS(=O)(=O)c1cccc(F)c1.CC(C)Oc1nc2ccccc2nc1-c1cccs1. The van der Waals surface area contributed by atoms with Crippen LogP contribution in [0.2, 0.25) is 0 Å². The van der Waals surface area contributed by atoms with Gasteiger partial charge in [-0.25, -0.2) is 27.5 Å². The number of sulfonamides is 1. The zero-order chi connectivity index (χ0) is 32.3. The Labute approximate surface area is 264 Å². The van der Waals surface area contributed by atoms with E-state index in [-0.39, 0.29) is 35.0 Å². The molecule has 0 amide bonds. The minimum atomic E-state index is -3.57. The summed E-state index contributed by atoms with van der Waals surface area (Å²) in [5.74, 6) is 0.0280. The first-order chi connectivity index (χ1) is 20.9. The smallest absolute Gasteiger partial charge is 0.308 e. The van der Waals surface area contributed by atoms with E-state index in [1.165, 1.54) is 31.0 Å². The van der Waals surface area contributed by atoms with Crippen molar-refractivity contribution in [3.05, 3.63) is 71.9 Å². The molecule has 1 N–H and O–H groups in total. The Kier molecular flexibility index (Phi) is 13.2. The van der Waals surface area contributed by atoms with Crippen molar-refractivity contribution >= 4 is 38.4 Å². The molecule has 44 heavy (non-hydrogen) atoms. The van der Waals surface area contributed by atoms with Crippen LogP contribution in [0.25, 0.3) is 21.6 Å². The van der Waals surface area contributed by atoms with Crippen LogP contribution in [-0.4, -0.2) is 42.6 Å². The van der Waals surface area contributed by atoms with Gasteiger partial charge in [0.25, 0.3) is 0 Å². The molecular weight excluding hydrogens is 602 g/mol. The van der Waals surface area contributed by atoms with Gasteiger partial charge in [0.1, 0.15) is 17.6 Å². The Morgan fingerprint density at radius 2 is 1.59 bits per heavy atom. The lowest BCUT2D eigenvalue weighted by Gasteiger charge is -2.12. The Hall–Kier alpha value is -3.41. The Balaban J connectivity index is 0.000000189. The van der Waals surface area contributed by atoms with Gasteiger partial charge in [-0.1, -0.05) is 38.1 Å². The highest BCUT2D eigenvalue weighted by molar-refractivity contribution is 7.89. The largest absolute Gasteiger partial charge is 0.473 e. The summed E-state index contributed by atoms with van der Waals surface area (Å²) < 4.78 is 49.2. The molecule has 1 aliphatic carbocycles. The van der Waals surface area contributed by atoms with Crippen molar-refractivity contribution in [2.24, 2.45) is 5.92 Å². The molecule has 0 aliphatic heterocycles. The van der Waals surface area contributed by atoms with Crippen molar-refractivity contribution in [1.29, 1.82) is 0 Å². The molecule has 11 heteroatoms. The Morgan fingerprint density at radius 3 is 2.14 bits per heavy atom. The molecule has 0 spiro atoms. The fraction of sp³-hybridized carbons (Fsp3) is 0.424. The number of nitrogens with one attached hydrogen (secondary N) is 1. The average molecular weight is 644 g/mol. The highest BCUT2D eigenvalue weighted by Gasteiger charge is 2.20. The molecule has 0 bridgehead atoms. The molecule has 0 saturated heterocycles. The number of esters is 1.